The first-order chi connectivity index (χ1) is 9.10. The van der Waals surface area contributed by atoms with Gasteiger partial charge in [0.15, 0.2) is 0 Å². The standard InChI is InChI=1S/C15H16Cl2N2/c1-10-2-5-12(6-3-10)19-15(9-18)13-8-11(16)4-7-14(13)17/h2-8,15,19H,9,18H2,1H3. The minimum atomic E-state index is -0.0612. The first-order valence-corrected chi connectivity index (χ1v) is 6.84. The van der Waals surface area contributed by atoms with Crippen LogP contribution in [0.3, 0.4) is 0 Å². The van der Waals surface area contributed by atoms with E-state index in [9.17, 15) is 0 Å². The van der Waals surface area contributed by atoms with Crippen LogP contribution in [0.5, 0.6) is 0 Å². The monoisotopic (exact) mass is 294 g/mol. The lowest BCUT2D eigenvalue weighted by Crippen LogP contribution is -2.21. The highest BCUT2D eigenvalue weighted by Crippen LogP contribution is 2.28. The lowest BCUT2D eigenvalue weighted by atomic mass is 10.1. The van der Waals surface area contributed by atoms with Crippen LogP contribution in [0.2, 0.25) is 10.0 Å². The van der Waals surface area contributed by atoms with Crippen LogP contribution in [0.15, 0.2) is 42.5 Å². The van der Waals surface area contributed by atoms with Gasteiger partial charge in [-0.3, -0.25) is 0 Å². The molecule has 1 atom stereocenters. The van der Waals surface area contributed by atoms with E-state index in [2.05, 4.69) is 24.4 Å². The molecule has 19 heavy (non-hydrogen) atoms. The smallest absolute Gasteiger partial charge is 0.0651 e. The van der Waals surface area contributed by atoms with Gasteiger partial charge in [-0.25, -0.2) is 0 Å². The molecule has 0 spiro atoms. The van der Waals surface area contributed by atoms with Crippen molar-refractivity contribution in [3.05, 3.63) is 63.6 Å². The fourth-order valence-electron chi connectivity index (χ4n) is 1.90. The van der Waals surface area contributed by atoms with Crippen molar-refractivity contribution >= 4 is 28.9 Å². The van der Waals surface area contributed by atoms with Crippen molar-refractivity contribution in [2.45, 2.75) is 13.0 Å². The Labute approximate surface area is 123 Å². The molecule has 0 aliphatic heterocycles. The van der Waals surface area contributed by atoms with Crippen LogP contribution in [0, 0.1) is 6.92 Å². The lowest BCUT2D eigenvalue weighted by Gasteiger charge is -2.20. The molecule has 0 aromatic heterocycles. The Balaban J connectivity index is 2.24. The van der Waals surface area contributed by atoms with Crippen LogP contribution >= 0.6 is 23.2 Å². The largest absolute Gasteiger partial charge is 0.377 e. The predicted octanol–water partition coefficient (Wildman–Crippen LogP) is 4.41. The van der Waals surface area contributed by atoms with Gasteiger partial charge in [0.05, 0.1) is 6.04 Å². The van der Waals surface area contributed by atoms with Gasteiger partial charge in [-0.1, -0.05) is 40.9 Å². The summed E-state index contributed by atoms with van der Waals surface area (Å²) in [6, 6.07) is 13.5. The fraction of sp³-hybridized carbons (Fsp3) is 0.200. The molecule has 2 aromatic carbocycles. The van der Waals surface area contributed by atoms with Gasteiger partial charge >= 0.3 is 0 Å². The molecule has 4 heteroatoms. The van der Waals surface area contributed by atoms with Crippen molar-refractivity contribution < 1.29 is 0 Å². The summed E-state index contributed by atoms with van der Waals surface area (Å²) in [5.74, 6) is 0. The van der Waals surface area contributed by atoms with Crippen LogP contribution in [0.1, 0.15) is 17.2 Å². The van der Waals surface area contributed by atoms with Crippen LogP contribution in [0.4, 0.5) is 5.69 Å². The molecule has 3 N–H and O–H groups in total. The van der Waals surface area contributed by atoms with Crippen LogP contribution in [-0.2, 0) is 0 Å². The molecule has 0 heterocycles. The Bertz CT molecular complexity index is 553. The van der Waals surface area contributed by atoms with Gasteiger partial charge in [-0.05, 0) is 42.8 Å². The quantitative estimate of drug-likeness (QED) is 0.876. The highest BCUT2D eigenvalue weighted by Gasteiger charge is 2.13. The third kappa shape index (κ3) is 3.63. The Kier molecular flexibility index (Phi) is 4.70. The number of hydrogen-bond acceptors (Lipinski definition) is 2. The molecule has 0 amide bonds. The maximum atomic E-state index is 6.21. The van der Waals surface area contributed by atoms with Crippen LogP contribution < -0.4 is 11.1 Å². The zero-order valence-electron chi connectivity index (χ0n) is 10.7. The first-order valence-electron chi connectivity index (χ1n) is 6.08. The lowest BCUT2D eigenvalue weighted by molar-refractivity contribution is 0.790. The van der Waals surface area contributed by atoms with E-state index in [1.807, 2.05) is 18.2 Å². The second-order valence-electron chi connectivity index (χ2n) is 4.46. The molecule has 1 unspecified atom stereocenters. The van der Waals surface area contributed by atoms with E-state index in [0.717, 1.165) is 11.3 Å². The second-order valence-corrected chi connectivity index (χ2v) is 5.31. The minimum Gasteiger partial charge on any atom is -0.377 e. The molecule has 0 radical (unpaired) electrons. The SMILES string of the molecule is Cc1ccc(NC(CN)c2cc(Cl)ccc2Cl)cc1. The van der Waals surface area contributed by atoms with E-state index < -0.39 is 0 Å². The Morgan fingerprint density at radius 1 is 1.11 bits per heavy atom. The molecule has 0 bridgehead atoms. The highest BCUT2D eigenvalue weighted by molar-refractivity contribution is 6.33. The normalized spacial score (nSPS) is 12.2. The maximum Gasteiger partial charge on any atom is 0.0651 e. The molecule has 100 valence electrons. The number of rotatable bonds is 4. The Morgan fingerprint density at radius 3 is 2.42 bits per heavy atom. The number of nitrogens with one attached hydrogen (secondary N) is 1. The number of anilines is 1. The van der Waals surface area contributed by atoms with Crippen molar-refractivity contribution in [2.24, 2.45) is 5.73 Å². The Morgan fingerprint density at radius 2 is 1.79 bits per heavy atom. The van der Waals surface area contributed by atoms with E-state index >= 15 is 0 Å². The van der Waals surface area contributed by atoms with Crippen LogP contribution in [-0.4, -0.2) is 6.54 Å². The molecule has 2 nitrogen and oxygen atoms in total. The van der Waals surface area contributed by atoms with Crippen molar-refractivity contribution in [1.82, 2.24) is 0 Å². The summed E-state index contributed by atoms with van der Waals surface area (Å²) in [4.78, 5) is 0. The maximum absolute atomic E-state index is 6.21. The predicted molar refractivity (Wildman–Crippen MR) is 83.1 cm³/mol. The fourth-order valence-corrected chi connectivity index (χ4v) is 2.33. The number of aryl methyl sites for hydroxylation is 1. The van der Waals surface area contributed by atoms with E-state index in [4.69, 9.17) is 28.9 Å². The van der Waals surface area contributed by atoms with Gasteiger partial charge in [0.25, 0.3) is 0 Å². The number of benzene rings is 2. The van der Waals surface area contributed by atoms with Gasteiger partial charge in [-0.2, -0.15) is 0 Å². The second kappa shape index (κ2) is 6.29. The van der Waals surface area contributed by atoms with E-state index in [1.165, 1.54) is 5.56 Å². The van der Waals surface area contributed by atoms with Gasteiger partial charge in [-0.15, -0.1) is 0 Å². The summed E-state index contributed by atoms with van der Waals surface area (Å²) in [6.45, 7) is 2.49. The van der Waals surface area contributed by atoms with Crippen LogP contribution in [0.25, 0.3) is 0 Å². The molecule has 0 aliphatic carbocycles. The average Bonchev–Trinajstić information content (AvgIpc) is 2.41. The summed E-state index contributed by atoms with van der Waals surface area (Å²) in [5.41, 5.74) is 8.98. The first kappa shape index (κ1) is 14.2. The Hall–Kier alpha value is -1.22. The number of nitrogens with two attached hydrogens (primary N) is 1. The molecule has 0 fully saturated rings. The van der Waals surface area contributed by atoms with Crippen molar-refractivity contribution in [3.63, 3.8) is 0 Å². The van der Waals surface area contributed by atoms with Gasteiger partial charge < -0.3 is 11.1 Å². The van der Waals surface area contributed by atoms with Gasteiger partial charge in [0.1, 0.15) is 0 Å². The van der Waals surface area contributed by atoms with Crippen molar-refractivity contribution in [3.8, 4) is 0 Å². The van der Waals surface area contributed by atoms with Crippen molar-refractivity contribution in [2.75, 3.05) is 11.9 Å². The summed E-state index contributed by atoms with van der Waals surface area (Å²) in [6.07, 6.45) is 0. The summed E-state index contributed by atoms with van der Waals surface area (Å²) >= 11 is 12.2. The van der Waals surface area contributed by atoms with Crippen molar-refractivity contribution in [1.29, 1.82) is 0 Å². The highest BCUT2D eigenvalue weighted by atomic mass is 35.5. The summed E-state index contributed by atoms with van der Waals surface area (Å²) < 4.78 is 0. The minimum absolute atomic E-state index is 0.0612. The zero-order valence-corrected chi connectivity index (χ0v) is 12.2. The molecular formula is C15H16Cl2N2. The summed E-state index contributed by atoms with van der Waals surface area (Å²) in [5, 5.41) is 4.69. The molecule has 0 saturated heterocycles. The van der Waals surface area contributed by atoms with E-state index in [1.54, 1.807) is 12.1 Å². The number of halogens is 2. The molecule has 2 rings (SSSR count). The average molecular weight is 295 g/mol. The van der Waals surface area contributed by atoms with E-state index in [-0.39, 0.29) is 6.04 Å². The van der Waals surface area contributed by atoms with E-state index in [0.29, 0.717) is 16.6 Å². The molecule has 2 aromatic rings. The molecular weight excluding hydrogens is 279 g/mol. The van der Waals surface area contributed by atoms with Gasteiger partial charge in [0.2, 0.25) is 0 Å². The third-order valence-corrected chi connectivity index (χ3v) is 3.54. The summed E-state index contributed by atoms with van der Waals surface area (Å²) in [7, 11) is 0. The third-order valence-electron chi connectivity index (χ3n) is 2.96. The van der Waals surface area contributed by atoms with Gasteiger partial charge in [0, 0.05) is 22.3 Å². The zero-order chi connectivity index (χ0) is 13.8. The molecule has 0 saturated carbocycles. The topological polar surface area (TPSA) is 38.0 Å². The number of hydrogen-bond donors (Lipinski definition) is 2. The molecule has 0 aliphatic rings.